The summed E-state index contributed by atoms with van der Waals surface area (Å²) in [4.78, 5) is 2.67. The average molecular weight is 274 g/mol. The highest BCUT2D eigenvalue weighted by Gasteiger charge is 2.32. The number of benzene rings is 1. The summed E-state index contributed by atoms with van der Waals surface area (Å²) in [5, 5.41) is 3.70. The first-order valence-corrected chi connectivity index (χ1v) is 8.08. The summed E-state index contributed by atoms with van der Waals surface area (Å²) in [6.07, 6.45) is 2.44. The maximum absolute atomic E-state index is 3.70. The summed E-state index contributed by atoms with van der Waals surface area (Å²) in [6, 6.07) is 11.5. The van der Waals surface area contributed by atoms with Gasteiger partial charge in [-0.25, -0.2) is 0 Å². The predicted octanol–water partition coefficient (Wildman–Crippen LogP) is 3.64. The average Bonchev–Trinajstić information content (AvgIpc) is 2.49. The second kappa shape index (κ2) is 6.73. The molecule has 2 heteroatoms. The molecule has 1 aliphatic rings. The minimum atomic E-state index is 0.294. The molecule has 0 amide bonds. The van der Waals surface area contributed by atoms with E-state index in [0.717, 1.165) is 6.54 Å². The van der Waals surface area contributed by atoms with Crippen molar-refractivity contribution in [3.05, 3.63) is 35.9 Å². The molecule has 0 saturated carbocycles. The third kappa shape index (κ3) is 3.83. The molecule has 1 fully saturated rings. The number of nitrogens with zero attached hydrogens (tertiary/aromatic N) is 1. The number of nitrogens with one attached hydrogen (secondary N) is 1. The van der Waals surface area contributed by atoms with Gasteiger partial charge in [0.1, 0.15) is 0 Å². The molecule has 1 heterocycles. The molecule has 112 valence electrons. The third-order valence-electron chi connectivity index (χ3n) is 5.00. The number of hydrogen-bond acceptors (Lipinski definition) is 2. The van der Waals surface area contributed by atoms with Crippen molar-refractivity contribution in [3.8, 4) is 0 Å². The zero-order valence-corrected chi connectivity index (χ0v) is 13.5. The van der Waals surface area contributed by atoms with Crippen LogP contribution in [0.15, 0.2) is 30.3 Å². The van der Waals surface area contributed by atoms with Gasteiger partial charge in [0.25, 0.3) is 0 Å². The van der Waals surface area contributed by atoms with Gasteiger partial charge >= 0.3 is 0 Å². The number of rotatable bonds is 5. The van der Waals surface area contributed by atoms with Crippen molar-refractivity contribution < 1.29 is 0 Å². The Morgan fingerprint density at radius 3 is 2.70 bits per heavy atom. The molecule has 1 aliphatic heterocycles. The smallest absolute Gasteiger partial charge is 0.0278 e. The van der Waals surface area contributed by atoms with E-state index in [4.69, 9.17) is 0 Å². The maximum Gasteiger partial charge on any atom is 0.0278 e. The van der Waals surface area contributed by atoms with Crippen LogP contribution in [0.2, 0.25) is 0 Å². The number of hydrogen-bond donors (Lipinski definition) is 1. The molecule has 2 rings (SSSR count). The van der Waals surface area contributed by atoms with Gasteiger partial charge in [0.15, 0.2) is 0 Å². The standard InChI is InChI=1S/C18H30N2/c1-5-18(4)14-20(16(3)13-19-18)12-11-15(2)17-9-7-6-8-10-17/h6-10,15-16,19H,5,11-14H2,1-4H3. The first-order chi connectivity index (χ1) is 9.54. The van der Waals surface area contributed by atoms with Gasteiger partial charge in [0.05, 0.1) is 0 Å². The van der Waals surface area contributed by atoms with Crippen molar-refractivity contribution in [3.63, 3.8) is 0 Å². The van der Waals surface area contributed by atoms with Gasteiger partial charge in [0, 0.05) is 24.7 Å². The summed E-state index contributed by atoms with van der Waals surface area (Å²) in [5.41, 5.74) is 1.76. The Kier molecular flexibility index (Phi) is 5.22. The molecular weight excluding hydrogens is 244 g/mol. The molecule has 20 heavy (non-hydrogen) atoms. The van der Waals surface area contributed by atoms with Crippen molar-refractivity contribution >= 4 is 0 Å². The van der Waals surface area contributed by atoms with Crippen molar-refractivity contribution in [1.82, 2.24) is 10.2 Å². The van der Waals surface area contributed by atoms with Gasteiger partial charge < -0.3 is 5.32 Å². The first-order valence-electron chi connectivity index (χ1n) is 8.08. The molecule has 0 aliphatic carbocycles. The van der Waals surface area contributed by atoms with Crippen LogP contribution in [0.5, 0.6) is 0 Å². The minimum Gasteiger partial charge on any atom is -0.309 e. The van der Waals surface area contributed by atoms with Gasteiger partial charge in [0.2, 0.25) is 0 Å². The van der Waals surface area contributed by atoms with Crippen LogP contribution in [-0.4, -0.2) is 36.1 Å². The lowest BCUT2D eigenvalue weighted by atomic mass is 9.92. The molecule has 0 aromatic heterocycles. The van der Waals surface area contributed by atoms with Crippen LogP contribution in [0, 0.1) is 0 Å². The topological polar surface area (TPSA) is 15.3 Å². The fourth-order valence-corrected chi connectivity index (χ4v) is 3.03. The Balaban J connectivity index is 1.89. The zero-order valence-electron chi connectivity index (χ0n) is 13.5. The van der Waals surface area contributed by atoms with E-state index in [9.17, 15) is 0 Å². The van der Waals surface area contributed by atoms with Gasteiger partial charge in [-0.1, -0.05) is 44.2 Å². The normalized spacial score (nSPS) is 29.3. The molecule has 1 saturated heterocycles. The van der Waals surface area contributed by atoms with E-state index >= 15 is 0 Å². The number of piperazine rings is 1. The summed E-state index contributed by atoms with van der Waals surface area (Å²) >= 11 is 0. The van der Waals surface area contributed by atoms with E-state index < -0.39 is 0 Å². The SMILES string of the molecule is CCC1(C)CN(CCC(C)c2ccccc2)C(C)CN1. The van der Waals surface area contributed by atoms with Crippen molar-refractivity contribution in [2.45, 2.75) is 58.0 Å². The lowest BCUT2D eigenvalue weighted by Gasteiger charge is -2.45. The highest BCUT2D eigenvalue weighted by molar-refractivity contribution is 5.18. The van der Waals surface area contributed by atoms with Crippen molar-refractivity contribution in [2.24, 2.45) is 0 Å². The molecule has 3 unspecified atom stereocenters. The summed E-state index contributed by atoms with van der Waals surface area (Å²) in [6.45, 7) is 12.8. The minimum absolute atomic E-state index is 0.294. The Labute approximate surface area is 124 Å². The molecule has 1 aromatic carbocycles. The van der Waals surface area contributed by atoms with Crippen molar-refractivity contribution in [1.29, 1.82) is 0 Å². The van der Waals surface area contributed by atoms with Gasteiger partial charge in [-0.2, -0.15) is 0 Å². The largest absolute Gasteiger partial charge is 0.309 e. The summed E-state index contributed by atoms with van der Waals surface area (Å²) < 4.78 is 0. The molecule has 0 spiro atoms. The third-order valence-corrected chi connectivity index (χ3v) is 5.00. The Morgan fingerprint density at radius 2 is 2.05 bits per heavy atom. The molecule has 3 atom stereocenters. The van der Waals surface area contributed by atoms with Crippen LogP contribution < -0.4 is 5.32 Å². The fraction of sp³-hybridized carbons (Fsp3) is 0.667. The molecular formula is C18H30N2. The van der Waals surface area contributed by atoms with Gasteiger partial charge in [-0.15, -0.1) is 0 Å². The monoisotopic (exact) mass is 274 g/mol. The first kappa shape index (κ1) is 15.5. The van der Waals surface area contributed by atoms with Crippen molar-refractivity contribution in [2.75, 3.05) is 19.6 Å². The summed E-state index contributed by atoms with van der Waals surface area (Å²) in [7, 11) is 0. The Morgan fingerprint density at radius 1 is 1.35 bits per heavy atom. The van der Waals surface area contributed by atoms with Crippen LogP contribution in [0.1, 0.15) is 52.0 Å². The Bertz CT molecular complexity index is 403. The van der Waals surface area contributed by atoms with Crippen LogP contribution in [0.4, 0.5) is 0 Å². The van der Waals surface area contributed by atoms with E-state index in [1.54, 1.807) is 0 Å². The second-order valence-electron chi connectivity index (χ2n) is 6.72. The van der Waals surface area contributed by atoms with Gasteiger partial charge in [-0.05, 0) is 44.7 Å². The van der Waals surface area contributed by atoms with E-state index in [1.165, 1.54) is 31.5 Å². The van der Waals surface area contributed by atoms with E-state index in [0.29, 0.717) is 17.5 Å². The fourth-order valence-electron chi connectivity index (χ4n) is 3.03. The maximum atomic E-state index is 3.70. The molecule has 1 aromatic rings. The zero-order chi connectivity index (χ0) is 14.6. The van der Waals surface area contributed by atoms with Crippen LogP contribution in [0.3, 0.4) is 0 Å². The molecule has 0 bridgehead atoms. The lowest BCUT2D eigenvalue weighted by molar-refractivity contribution is 0.0906. The quantitative estimate of drug-likeness (QED) is 0.882. The lowest BCUT2D eigenvalue weighted by Crippen LogP contribution is -2.62. The molecule has 0 radical (unpaired) electrons. The Hall–Kier alpha value is -0.860. The predicted molar refractivity (Wildman–Crippen MR) is 87.2 cm³/mol. The molecule has 2 nitrogen and oxygen atoms in total. The van der Waals surface area contributed by atoms with E-state index in [2.05, 4.69) is 68.2 Å². The van der Waals surface area contributed by atoms with E-state index in [1.807, 2.05) is 0 Å². The van der Waals surface area contributed by atoms with Crippen LogP contribution in [-0.2, 0) is 0 Å². The van der Waals surface area contributed by atoms with Gasteiger partial charge in [-0.3, -0.25) is 4.90 Å². The molecule has 1 N–H and O–H groups in total. The highest BCUT2D eigenvalue weighted by Crippen LogP contribution is 2.23. The highest BCUT2D eigenvalue weighted by atomic mass is 15.2. The van der Waals surface area contributed by atoms with Crippen LogP contribution in [0.25, 0.3) is 0 Å². The summed E-state index contributed by atoms with van der Waals surface area (Å²) in [5.74, 6) is 0.645. The van der Waals surface area contributed by atoms with Crippen LogP contribution >= 0.6 is 0 Å². The second-order valence-corrected chi connectivity index (χ2v) is 6.72. The van der Waals surface area contributed by atoms with E-state index in [-0.39, 0.29) is 0 Å².